The number of carbonyl (C=O) groups is 1. The molecule has 0 saturated heterocycles. The lowest BCUT2D eigenvalue weighted by atomic mass is 9.86. The number of hydrogen-bond acceptors (Lipinski definition) is 2. The van der Waals surface area contributed by atoms with Crippen molar-refractivity contribution in [1.29, 1.82) is 0 Å². The first-order valence-corrected chi connectivity index (χ1v) is 7.82. The summed E-state index contributed by atoms with van der Waals surface area (Å²) < 4.78 is 0. The molecule has 1 aliphatic rings. The highest BCUT2D eigenvalue weighted by atomic mass is 35.5. The molecule has 1 heterocycles. The van der Waals surface area contributed by atoms with Crippen molar-refractivity contribution in [3.05, 3.63) is 28.3 Å². The Balaban J connectivity index is 2.27. The van der Waals surface area contributed by atoms with Crippen LogP contribution in [0.5, 0.6) is 0 Å². The molecule has 0 aliphatic carbocycles. The normalized spacial score (nSPS) is 15.3. The highest BCUT2D eigenvalue weighted by molar-refractivity contribution is 6.32. The number of carbonyl (C=O) groups excluding carboxylic acids is 1. The van der Waals surface area contributed by atoms with E-state index in [0.717, 1.165) is 42.5 Å². The molecule has 3 N–H and O–H groups in total. The van der Waals surface area contributed by atoms with Gasteiger partial charge in [-0.15, -0.1) is 0 Å². The minimum atomic E-state index is -0.0524. The Morgan fingerprint density at radius 3 is 2.55 bits per heavy atom. The van der Waals surface area contributed by atoms with Gasteiger partial charge < -0.3 is 11.1 Å². The number of halogens is 1. The quantitative estimate of drug-likeness (QED) is 0.831. The van der Waals surface area contributed by atoms with Crippen molar-refractivity contribution in [2.45, 2.75) is 52.0 Å². The predicted molar refractivity (Wildman–Crippen MR) is 84.0 cm³/mol. The molecule has 0 saturated carbocycles. The first-order valence-electron chi connectivity index (χ1n) is 7.44. The van der Waals surface area contributed by atoms with E-state index in [1.54, 1.807) is 0 Å². The van der Waals surface area contributed by atoms with Gasteiger partial charge in [-0.1, -0.05) is 44.4 Å². The first kappa shape index (κ1) is 15.3. The monoisotopic (exact) mass is 294 g/mol. The SMILES string of the molecule is CCCC(CCC)C(N)c1cc2c(cc1Cl)NC(=O)C2. The van der Waals surface area contributed by atoms with Crippen molar-refractivity contribution in [1.82, 2.24) is 0 Å². The molecule has 1 unspecified atom stereocenters. The summed E-state index contributed by atoms with van der Waals surface area (Å²) in [5.74, 6) is 0.478. The van der Waals surface area contributed by atoms with Gasteiger partial charge in [0.25, 0.3) is 0 Å². The largest absolute Gasteiger partial charge is 0.325 e. The molecule has 4 heteroatoms. The van der Waals surface area contributed by atoms with Crippen LogP contribution in [-0.4, -0.2) is 5.91 Å². The molecule has 3 nitrogen and oxygen atoms in total. The maximum atomic E-state index is 11.4. The molecule has 0 radical (unpaired) electrons. The van der Waals surface area contributed by atoms with Crippen LogP contribution in [0.1, 0.15) is 56.7 Å². The summed E-state index contributed by atoms with van der Waals surface area (Å²) >= 11 is 6.36. The fraction of sp³-hybridized carbons (Fsp3) is 0.562. The van der Waals surface area contributed by atoms with Crippen molar-refractivity contribution in [2.75, 3.05) is 5.32 Å². The summed E-state index contributed by atoms with van der Waals surface area (Å²) in [4.78, 5) is 11.4. The maximum absolute atomic E-state index is 11.4. The van der Waals surface area contributed by atoms with Crippen molar-refractivity contribution in [3.8, 4) is 0 Å². The highest BCUT2D eigenvalue weighted by Crippen LogP contribution is 2.36. The lowest BCUT2D eigenvalue weighted by Gasteiger charge is -2.25. The van der Waals surface area contributed by atoms with E-state index in [0.29, 0.717) is 17.4 Å². The number of anilines is 1. The molecule has 110 valence electrons. The summed E-state index contributed by atoms with van der Waals surface area (Å²) in [5, 5.41) is 3.48. The topological polar surface area (TPSA) is 55.1 Å². The van der Waals surface area contributed by atoms with Gasteiger partial charge >= 0.3 is 0 Å². The molecule has 2 rings (SSSR count). The second-order valence-corrected chi connectivity index (χ2v) is 6.03. The molecule has 0 bridgehead atoms. The first-order chi connectivity index (χ1) is 9.56. The Labute approximate surface area is 125 Å². The highest BCUT2D eigenvalue weighted by Gasteiger charge is 2.25. The third-order valence-corrected chi connectivity index (χ3v) is 4.36. The van der Waals surface area contributed by atoms with Gasteiger partial charge in [-0.25, -0.2) is 0 Å². The Morgan fingerprint density at radius 2 is 1.95 bits per heavy atom. The van der Waals surface area contributed by atoms with Crippen LogP contribution in [-0.2, 0) is 11.2 Å². The van der Waals surface area contributed by atoms with E-state index in [1.807, 2.05) is 12.1 Å². The van der Waals surface area contributed by atoms with Gasteiger partial charge in [-0.3, -0.25) is 4.79 Å². The Hall–Kier alpha value is -1.06. The third-order valence-electron chi connectivity index (χ3n) is 4.03. The average Bonchev–Trinajstić information content (AvgIpc) is 2.76. The summed E-state index contributed by atoms with van der Waals surface area (Å²) in [5.41, 5.74) is 9.27. The van der Waals surface area contributed by atoms with Gasteiger partial charge in [0.2, 0.25) is 5.91 Å². The number of amides is 1. The van der Waals surface area contributed by atoms with E-state index in [1.165, 1.54) is 0 Å². The van der Waals surface area contributed by atoms with Crippen molar-refractivity contribution in [2.24, 2.45) is 11.7 Å². The summed E-state index contributed by atoms with van der Waals surface area (Å²) in [6.45, 7) is 4.37. The average molecular weight is 295 g/mol. The van der Waals surface area contributed by atoms with Gasteiger partial charge in [-0.2, -0.15) is 0 Å². The fourth-order valence-electron chi connectivity index (χ4n) is 3.02. The molecule has 0 fully saturated rings. The summed E-state index contributed by atoms with van der Waals surface area (Å²) in [7, 11) is 0. The molecule has 0 spiro atoms. The zero-order valence-corrected chi connectivity index (χ0v) is 13.0. The number of benzene rings is 1. The third kappa shape index (κ3) is 3.15. The number of nitrogens with one attached hydrogen (secondary N) is 1. The number of hydrogen-bond donors (Lipinski definition) is 2. The van der Waals surface area contributed by atoms with Crippen LogP contribution in [0.3, 0.4) is 0 Å². The predicted octanol–water partition coefficient (Wildman–Crippen LogP) is 4.05. The molecule has 1 amide bonds. The Morgan fingerprint density at radius 1 is 1.30 bits per heavy atom. The maximum Gasteiger partial charge on any atom is 0.228 e. The fourth-order valence-corrected chi connectivity index (χ4v) is 3.31. The van der Waals surface area contributed by atoms with Crippen LogP contribution in [0, 0.1) is 5.92 Å². The molecule has 20 heavy (non-hydrogen) atoms. The van der Waals surface area contributed by atoms with Crippen LogP contribution in [0.15, 0.2) is 12.1 Å². The summed E-state index contributed by atoms with van der Waals surface area (Å²) in [6.07, 6.45) is 4.90. The van der Waals surface area contributed by atoms with E-state index in [2.05, 4.69) is 19.2 Å². The van der Waals surface area contributed by atoms with Gasteiger partial charge in [0.05, 0.1) is 6.42 Å². The molecule has 1 aromatic rings. The van der Waals surface area contributed by atoms with Gasteiger partial charge in [0.1, 0.15) is 0 Å². The second-order valence-electron chi connectivity index (χ2n) is 5.62. The van der Waals surface area contributed by atoms with E-state index in [4.69, 9.17) is 17.3 Å². The molecule has 0 aromatic heterocycles. The lowest BCUT2D eigenvalue weighted by Crippen LogP contribution is -2.22. The smallest absolute Gasteiger partial charge is 0.228 e. The van der Waals surface area contributed by atoms with Crippen LogP contribution in [0.2, 0.25) is 5.02 Å². The van der Waals surface area contributed by atoms with Crippen molar-refractivity contribution < 1.29 is 4.79 Å². The molecule has 1 aromatic carbocycles. The molecular formula is C16H23ClN2O. The lowest BCUT2D eigenvalue weighted by molar-refractivity contribution is -0.115. The second kappa shape index (κ2) is 6.59. The van der Waals surface area contributed by atoms with Gasteiger partial charge in [0, 0.05) is 16.8 Å². The zero-order valence-electron chi connectivity index (χ0n) is 12.2. The van der Waals surface area contributed by atoms with Crippen molar-refractivity contribution in [3.63, 3.8) is 0 Å². The van der Waals surface area contributed by atoms with Crippen LogP contribution < -0.4 is 11.1 Å². The van der Waals surface area contributed by atoms with E-state index >= 15 is 0 Å². The number of fused-ring (bicyclic) bond motifs is 1. The zero-order chi connectivity index (χ0) is 14.7. The van der Waals surface area contributed by atoms with Crippen LogP contribution in [0.25, 0.3) is 0 Å². The van der Waals surface area contributed by atoms with E-state index < -0.39 is 0 Å². The van der Waals surface area contributed by atoms with Crippen molar-refractivity contribution >= 4 is 23.2 Å². The van der Waals surface area contributed by atoms with Gasteiger partial charge in [-0.05, 0) is 36.0 Å². The van der Waals surface area contributed by atoms with E-state index in [9.17, 15) is 4.79 Å². The van der Waals surface area contributed by atoms with E-state index in [-0.39, 0.29) is 11.9 Å². The van der Waals surface area contributed by atoms with Crippen LogP contribution in [0.4, 0.5) is 5.69 Å². The van der Waals surface area contributed by atoms with Gasteiger partial charge in [0.15, 0.2) is 0 Å². The standard InChI is InChI=1S/C16H23ClN2O/c1-3-5-10(6-4-2)16(18)12-7-11-8-15(20)19-14(11)9-13(12)17/h7,9-10,16H,3-6,8,18H2,1-2H3,(H,19,20). The Bertz CT molecular complexity index is 495. The summed E-state index contributed by atoms with van der Waals surface area (Å²) in [6, 6.07) is 3.80. The van der Waals surface area contributed by atoms with Crippen LogP contribution >= 0.6 is 11.6 Å². The molecule has 1 aliphatic heterocycles. The molecule has 1 atom stereocenters. The number of rotatable bonds is 6. The minimum absolute atomic E-state index is 0.0282. The minimum Gasteiger partial charge on any atom is -0.325 e. The Kier molecular flexibility index (Phi) is 5.06. The molecular weight excluding hydrogens is 272 g/mol. The number of nitrogens with two attached hydrogens (primary N) is 1.